The first-order valence-electron chi connectivity index (χ1n) is 9.23. The topological polar surface area (TPSA) is 46.2 Å². The number of anilines is 1. The largest absolute Gasteiger partial charge is 0.382 e. The molecule has 4 nitrogen and oxygen atoms in total. The summed E-state index contributed by atoms with van der Waals surface area (Å²) in [4.78, 5) is 4.42. The summed E-state index contributed by atoms with van der Waals surface area (Å²) in [5.74, 6) is 0. The number of halogens is 1. The fraction of sp³-hybridized carbons (Fsp3) is 0.550. The van der Waals surface area contributed by atoms with E-state index in [0.29, 0.717) is 17.5 Å². The van der Waals surface area contributed by atoms with E-state index in [1.54, 1.807) is 0 Å². The predicted molar refractivity (Wildman–Crippen MR) is 103 cm³/mol. The Morgan fingerprint density at radius 2 is 1.92 bits per heavy atom. The fourth-order valence-electron chi connectivity index (χ4n) is 3.85. The third-order valence-electron chi connectivity index (χ3n) is 5.51. The minimum atomic E-state index is 0.353. The van der Waals surface area contributed by atoms with Gasteiger partial charge in [0.2, 0.25) is 0 Å². The van der Waals surface area contributed by atoms with Crippen molar-refractivity contribution in [2.75, 3.05) is 25.1 Å². The zero-order valence-corrected chi connectivity index (χ0v) is 15.5. The molecular weight excluding hydrogens is 334 g/mol. The normalized spacial score (nSPS) is 25.5. The Kier molecular flexibility index (Phi) is 4.85. The van der Waals surface area contributed by atoms with E-state index in [2.05, 4.69) is 34.7 Å². The van der Waals surface area contributed by atoms with Gasteiger partial charge in [-0.15, -0.1) is 0 Å². The third-order valence-corrected chi connectivity index (χ3v) is 5.75. The molecule has 1 aliphatic carbocycles. The van der Waals surface area contributed by atoms with Gasteiger partial charge in [0.05, 0.1) is 18.7 Å². The molecule has 0 unspecified atom stereocenters. The molecule has 4 rings (SSSR count). The van der Waals surface area contributed by atoms with Crippen molar-refractivity contribution in [3.05, 3.63) is 35.5 Å². The average Bonchev–Trinajstić information content (AvgIpc) is 2.59. The van der Waals surface area contributed by atoms with Gasteiger partial charge in [-0.05, 0) is 49.9 Å². The number of pyridine rings is 1. The average molecular weight is 360 g/mol. The van der Waals surface area contributed by atoms with Crippen LogP contribution in [0.2, 0.25) is 5.02 Å². The van der Waals surface area contributed by atoms with Crippen molar-refractivity contribution < 1.29 is 4.74 Å². The number of rotatable bonds is 5. The van der Waals surface area contributed by atoms with Crippen LogP contribution in [0.25, 0.3) is 10.9 Å². The van der Waals surface area contributed by atoms with E-state index < -0.39 is 0 Å². The maximum atomic E-state index is 6.08. The molecule has 2 aliphatic rings. The van der Waals surface area contributed by atoms with E-state index in [4.69, 9.17) is 16.3 Å². The lowest BCUT2D eigenvalue weighted by Gasteiger charge is -2.40. The summed E-state index contributed by atoms with van der Waals surface area (Å²) in [5.41, 5.74) is 2.47. The van der Waals surface area contributed by atoms with Gasteiger partial charge in [0.15, 0.2) is 0 Å². The van der Waals surface area contributed by atoms with Crippen LogP contribution in [0.5, 0.6) is 0 Å². The molecule has 0 radical (unpaired) electrons. The summed E-state index contributed by atoms with van der Waals surface area (Å²) in [6.07, 6.45) is 6.70. The summed E-state index contributed by atoms with van der Waals surface area (Å²) in [6.45, 7) is 5.18. The van der Waals surface area contributed by atoms with Crippen LogP contribution >= 0.6 is 11.6 Å². The van der Waals surface area contributed by atoms with Crippen LogP contribution in [0.4, 0.5) is 5.69 Å². The molecule has 5 heteroatoms. The molecule has 1 aliphatic heterocycles. The Labute approximate surface area is 154 Å². The Bertz CT molecular complexity index is 739. The number of nitrogens with one attached hydrogen (secondary N) is 2. The lowest BCUT2D eigenvalue weighted by molar-refractivity contribution is -0.100. The monoisotopic (exact) mass is 359 g/mol. The molecule has 0 atom stereocenters. The molecule has 1 aromatic carbocycles. The minimum absolute atomic E-state index is 0.353. The summed E-state index contributed by atoms with van der Waals surface area (Å²) in [7, 11) is 0. The number of fused-ring (bicyclic) bond motifs is 1. The number of ether oxygens (including phenoxy) is 1. The van der Waals surface area contributed by atoms with Gasteiger partial charge in [-0.2, -0.15) is 0 Å². The first-order chi connectivity index (χ1) is 12.1. The second-order valence-electron chi connectivity index (χ2n) is 7.90. The van der Waals surface area contributed by atoms with Crippen LogP contribution in [0.1, 0.15) is 32.6 Å². The highest BCUT2D eigenvalue weighted by atomic mass is 35.5. The number of hydrogen-bond acceptors (Lipinski definition) is 4. The summed E-state index contributed by atoms with van der Waals surface area (Å²) < 4.78 is 5.34. The van der Waals surface area contributed by atoms with E-state index in [0.717, 1.165) is 41.4 Å². The third kappa shape index (κ3) is 3.91. The van der Waals surface area contributed by atoms with Crippen molar-refractivity contribution >= 4 is 28.2 Å². The molecule has 1 saturated carbocycles. The summed E-state index contributed by atoms with van der Waals surface area (Å²) in [5, 5.41) is 9.35. The molecule has 0 bridgehead atoms. The van der Waals surface area contributed by atoms with Crippen molar-refractivity contribution in [2.24, 2.45) is 5.41 Å². The first-order valence-corrected chi connectivity index (χ1v) is 9.61. The lowest BCUT2D eigenvalue weighted by Crippen LogP contribution is -2.50. The van der Waals surface area contributed by atoms with Crippen molar-refractivity contribution in [1.82, 2.24) is 10.3 Å². The van der Waals surface area contributed by atoms with Crippen LogP contribution in [-0.2, 0) is 4.74 Å². The molecule has 0 spiro atoms. The van der Waals surface area contributed by atoms with Gasteiger partial charge in [0, 0.05) is 46.3 Å². The molecule has 2 aromatic rings. The number of hydrogen-bond donors (Lipinski definition) is 2. The highest BCUT2D eigenvalue weighted by Gasteiger charge is 2.34. The number of nitrogens with zero attached hydrogens (tertiary/aromatic N) is 1. The van der Waals surface area contributed by atoms with Crippen LogP contribution in [0, 0.1) is 5.41 Å². The second kappa shape index (κ2) is 7.10. The van der Waals surface area contributed by atoms with Crippen molar-refractivity contribution in [2.45, 2.75) is 44.7 Å². The van der Waals surface area contributed by atoms with E-state index in [-0.39, 0.29) is 0 Å². The molecular formula is C20H26ClN3O. The maximum absolute atomic E-state index is 6.08. The lowest BCUT2D eigenvalue weighted by atomic mass is 9.86. The van der Waals surface area contributed by atoms with Crippen molar-refractivity contribution in [3.63, 3.8) is 0 Å². The van der Waals surface area contributed by atoms with Crippen molar-refractivity contribution in [3.8, 4) is 0 Å². The highest BCUT2D eigenvalue weighted by molar-refractivity contribution is 6.31. The second-order valence-corrected chi connectivity index (χ2v) is 8.33. The molecule has 0 amide bonds. The number of benzene rings is 1. The van der Waals surface area contributed by atoms with Gasteiger partial charge in [-0.1, -0.05) is 18.5 Å². The SMILES string of the molecule is CC1(CNC2CCC(Nc3ccnc4cc(Cl)ccc34)CC2)COC1. The maximum Gasteiger partial charge on any atom is 0.0737 e. The van der Waals surface area contributed by atoms with Gasteiger partial charge in [-0.3, -0.25) is 4.98 Å². The zero-order chi connectivity index (χ0) is 17.3. The predicted octanol–water partition coefficient (Wildman–Crippen LogP) is 4.24. The standard InChI is InChI=1S/C20H26ClN3O/c1-20(12-25-13-20)11-23-15-3-5-16(6-4-15)24-18-8-9-22-19-10-14(21)2-7-17(18)19/h2,7-10,15-16,23H,3-6,11-13H2,1H3,(H,22,24). The van der Waals surface area contributed by atoms with E-state index in [1.807, 2.05) is 18.3 Å². The zero-order valence-electron chi connectivity index (χ0n) is 14.7. The van der Waals surface area contributed by atoms with Crippen LogP contribution in [0.15, 0.2) is 30.5 Å². The van der Waals surface area contributed by atoms with Crippen LogP contribution in [0.3, 0.4) is 0 Å². The van der Waals surface area contributed by atoms with E-state index in [1.165, 1.54) is 25.7 Å². The Morgan fingerprint density at radius 1 is 1.16 bits per heavy atom. The Hall–Kier alpha value is -1.36. The van der Waals surface area contributed by atoms with E-state index >= 15 is 0 Å². The quantitative estimate of drug-likeness (QED) is 0.838. The molecule has 2 heterocycles. The van der Waals surface area contributed by atoms with Gasteiger partial charge in [0.1, 0.15) is 0 Å². The van der Waals surface area contributed by atoms with Gasteiger partial charge in [0.25, 0.3) is 0 Å². The highest BCUT2D eigenvalue weighted by Crippen LogP contribution is 2.29. The Morgan fingerprint density at radius 3 is 2.64 bits per heavy atom. The van der Waals surface area contributed by atoms with Crippen LogP contribution in [-0.4, -0.2) is 36.8 Å². The van der Waals surface area contributed by atoms with Gasteiger partial charge < -0.3 is 15.4 Å². The molecule has 2 fully saturated rings. The minimum Gasteiger partial charge on any atom is -0.382 e. The summed E-state index contributed by atoms with van der Waals surface area (Å²) in [6, 6.07) is 9.15. The molecule has 1 aromatic heterocycles. The summed E-state index contributed by atoms with van der Waals surface area (Å²) >= 11 is 6.08. The van der Waals surface area contributed by atoms with E-state index in [9.17, 15) is 0 Å². The van der Waals surface area contributed by atoms with Crippen LogP contribution < -0.4 is 10.6 Å². The molecule has 1 saturated heterocycles. The fourth-order valence-corrected chi connectivity index (χ4v) is 4.02. The molecule has 2 N–H and O–H groups in total. The van der Waals surface area contributed by atoms with Gasteiger partial charge in [-0.25, -0.2) is 0 Å². The smallest absolute Gasteiger partial charge is 0.0737 e. The molecule has 25 heavy (non-hydrogen) atoms. The van der Waals surface area contributed by atoms with Crippen molar-refractivity contribution in [1.29, 1.82) is 0 Å². The van der Waals surface area contributed by atoms with Gasteiger partial charge >= 0.3 is 0 Å². The molecule has 134 valence electrons. The first kappa shape index (κ1) is 17.1. The number of aromatic nitrogens is 1. The Balaban J connectivity index is 1.33.